The number of benzene rings is 2. The van der Waals surface area contributed by atoms with E-state index >= 15 is 0 Å². The van der Waals surface area contributed by atoms with Crippen molar-refractivity contribution in [2.45, 2.75) is 6.92 Å². The molecule has 1 N–H and O–H groups in total. The molecule has 0 saturated carbocycles. The van der Waals surface area contributed by atoms with Gasteiger partial charge in [-0.1, -0.05) is 34.1 Å². The van der Waals surface area contributed by atoms with Gasteiger partial charge < -0.3 is 10.1 Å². The summed E-state index contributed by atoms with van der Waals surface area (Å²) in [5.41, 5.74) is 1.31. The van der Waals surface area contributed by atoms with Crippen LogP contribution in [0.5, 0.6) is 5.75 Å². The van der Waals surface area contributed by atoms with E-state index in [2.05, 4.69) is 21.2 Å². The summed E-state index contributed by atoms with van der Waals surface area (Å²) < 4.78 is 6.37. The molecule has 116 valence electrons. The SMILES string of the molecule is CCOc1ccc(Br)cc1/C=C(/C#N)C(=O)Nc1ccccc1. The molecule has 2 aromatic carbocycles. The van der Waals surface area contributed by atoms with Gasteiger partial charge >= 0.3 is 0 Å². The predicted molar refractivity (Wildman–Crippen MR) is 94.0 cm³/mol. The molecule has 1 amide bonds. The molecule has 0 radical (unpaired) electrons. The van der Waals surface area contributed by atoms with E-state index in [4.69, 9.17) is 4.74 Å². The van der Waals surface area contributed by atoms with E-state index in [1.165, 1.54) is 6.08 Å². The Morgan fingerprint density at radius 1 is 1.30 bits per heavy atom. The van der Waals surface area contributed by atoms with Gasteiger partial charge in [0, 0.05) is 15.7 Å². The lowest BCUT2D eigenvalue weighted by Crippen LogP contribution is -2.13. The lowest BCUT2D eigenvalue weighted by atomic mass is 10.1. The molecule has 4 nitrogen and oxygen atoms in total. The molecule has 0 aliphatic carbocycles. The highest BCUT2D eigenvalue weighted by Gasteiger charge is 2.11. The molecular weight excluding hydrogens is 356 g/mol. The van der Waals surface area contributed by atoms with E-state index in [0.29, 0.717) is 23.6 Å². The smallest absolute Gasteiger partial charge is 0.266 e. The fraction of sp³-hybridized carbons (Fsp3) is 0.111. The second kappa shape index (κ2) is 8.16. The maximum atomic E-state index is 12.2. The minimum atomic E-state index is -0.457. The van der Waals surface area contributed by atoms with Crippen molar-refractivity contribution in [2.24, 2.45) is 0 Å². The maximum Gasteiger partial charge on any atom is 0.266 e. The number of para-hydroxylation sites is 1. The van der Waals surface area contributed by atoms with Crippen molar-refractivity contribution >= 4 is 33.6 Å². The van der Waals surface area contributed by atoms with E-state index in [9.17, 15) is 10.1 Å². The van der Waals surface area contributed by atoms with Crippen molar-refractivity contribution < 1.29 is 9.53 Å². The number of carbonyl (C=O) groups excluding carboxylic acids is 1. The van der Waals surface area contributed by atoms with Crippen LogP contribution < -0.4 is 10.1 Å². The number of hydrogen-bond donors (Lipinski definition) is 1. The standard InChI is InChI=1S/C18H15BrN2O2/c1-2-23-17-9-8-15(19)11-13(17)10-14(12-20)18(22)21-16-6-4-3-5-7-16/h3-11H,2H2,1H3,(H,21,22)/b14-10-. The summed E-state index contributed by atoms with van der Waals surface area (Å²) in [5.74, 6) is 0.164. The van der Waals surface area contributed by atoms with Gasteiger partial charge in [0.2, 0.25) is 0 Å². The molecule has 0 bridgehead atoms. The molecule has 0 unspecified atom stereocenters. The summed E-state index contributed by atoms with van der Waals surface area (Å²) in [6.07, 6.45) is 1.52. The van der Waals surface area contributed by atoms with Crippen molar-refractivity contribution in [2.75, 3.05) is 11.9 Å². The zero-order chi connectivity index (χ0) is 16.7. The van der Waals surface area contributed by atoms with Crippen LogP contribution in [0.25, 0.3) is 6.08 Å². The number of nitriles is 1. The molecule has 2 aromatic rings. The summed E-state index contributed by atoms with van der Waals surface area (Å²) in [6.45, 7) is 2.38. The first kappa shape index (κ1) is 16.8. The zero-order valence-electron chi connectivity index (χ0n) is 12.5. The summed E-state index contributed by atoms with van der Waals surface area (Å²) >= 11 is 3.38. The lowest BCUT2D eigenvalue weighted by Gasteiger charge is -2.08. The van der Waals surface area contributed by atoms with Gasteiger partial charge in [0.05, 0.1) is 6.61 Å². The van der Waals surface area contributed by atoms with E-state index in [1.807, 2.05) is 37.3 Å². The highest BCUT2D eigenvalue weighted by Crippen LogP contribution is 2.26. The van der Waals surface area contributed by atoms with Crippen molar-refractivity contribution in [3.63, 3.8) is 0 Å². The molecule has 0 fully saturated rings. The fourth-order valence-electron chi connectivity index (χ4n) is 1.94. The maximum absolute atomic E-state index is 12.2. The van der Waals surface area contributed by atoms with Crippen LogP contribution in [0.4, 0.5) is 5.69 Å². The second-order valence-electron chi connectivity index (χ2n) is 4.61. The first-order valence-electron chi connectivity index (χ1n) is 7.04. The third-order valence-corrected chi connectivity index (χ3v) is 3.46. The largest absolute Gasteiger partial charge is 0.493 e. The van der Waals surface area contributed by atoms with Gasteiger partial charge in [-0.2, -0.15) is 5.26 Å². The van der Waals surface area contributed by atoms with Crippen LogP contribution in [0, 0.1) is 11.3 Å². The predicted octanol–water partition coefficient (Wildman–Crippen LogP) is 4.39. The summed E-state index contributed by atoms with van der Waals surface area (Å²) in [7, 11) is 0. The Morgan fingerprint density at radius 3 is 2.70 bits per heavy atom. The summed E-state index contributed by atoms with van der Waals surface area (Å²) in [5, 5.41) is 12.0. The van der Waals surface area contributed by atoms with Gasteiger partial charge in [-0.05, 0) is 43.3 Å². The molecule has 0 aromatic heterocycles. The molecule has 0 heterocycles. The minimum Gasteiger partial charge on any atom is -0.493 e. The van der Waals surface area contributed by atoms with Crippen LogP contribution in [0.15, 0.2) is 58.6 Å². The van der Waals surface area contributed by atoms with E-state index in [0.717, 1.165) is 4.47 Å². The van der Waals surface area contributed by atoms with Gasteiger partial charge in [0.25, 0.3) is 5.91 Å². The van der Waals surface area contributed by atoms with Crippen LogP contribution in [0.3, 0.4) is 0 Å². The number of amides is 1. The summed E-state index contributed by atoms with van der Waals surface area (Å²) in [4.78, 5) is 12.2. The number of carbonyl (C=O) groups is 1. The van der Waals surface area contributed by atoms with Crippen LogP contribution in [0.1, 0.15) is 12.5 Å². The number of ether oxygens (including phenoxy) is 1. The number of nitrogens with one attached hydrogen (secondary N) is 1. The number of rotatable bonds is 5. The highest BCUT2D eigenvalue weighted by molar-refractivity contribution is 9.10. The van der Waals surface area contributed by atoms with Crippen molar-refractivity contribution in [1.82, 2.24) is 0 Å². The Bertz CT molecular complexity index is 764. The molecule has 23 heavy (non-hydrogen) atoms. The van der Waals surface area contributed by atoms with Crippen molar-refractivity contribution in [3.05, 3.63) is 64.1 Å². The second-order valence-corrected chi connectivity index (χ2v) is 5.52. The quantitative estimate of drug-likeness (QED) is 0.626. The Hall–Kier alpha value is -2.58. The van der Waals surface area contributed by atoms with Crippen molar-refractivity contribution in [3.8, 4) is 11.8 Å². The van der Waals surface area contributed by atoms with Gasteiger partial charge in [0.15, 0.2) is 0 Å². The Balaban J connectivity index is 2.30. The van der Waals surface area contributed by atoms with Crippen LogP contribution >= 0.6 is 15.9 Å². The molecule has 2 rings (SSSR count). The monoisotopic (exact) mass is 370 g/mol. The first-order valence-corrected chi connectivity index (χ1v) is 7.84. The number of nitrogens with zero attached hydrogens (tertiary/aromatic N) is 1. The van der Waals surface area contributed by atoms with Gasteiger partial charge in [-0.15, -0.1) is 0 Å². The third kappa shape index (κ3) is 4.70. The Morgan fingerprint density at radius 2 is 2.04 bits per heavy atom. The van der Waals surface area contributed by atoms with Gasteiger partial charge in [-0.3, -0.25) is 4.79 Å². The summed E-state index contributed by atoms with van der Waals surface area (Å²) in [6, 6.07) is 16.4. The average Bonchev–Trinajstić information content (AvgIpc) is 2.55. The normalized spacial score (nSPS) is 10.7. The lowest BCUT2D eigenvalue weighted by molar-refractivity contribution is -0.112. The molecule has 0 saturated heterocycles. The molecule has 0 atom stereocenters. The highest BCUT2D eigenvalue weighted by atomic mass is 79.9. The van der Waals surface area contributed by atoms with Crippen LogP contribution in [0.2, 0.25) is 0 Å². The molecular formula is C18H15BrN2O2. The minimum absolute atomic E-state index is 0.00732. The fourth-order valence-corrected chi connectivity index (χ4v) is 2.32. The van der Waals surface area contributed by atoms with Gasteiger partial charge in [-0.25, -0.2) is 0 Å². The topological polar surface area (TPSA) is 62.1 Å². The average molecular weight is 371 g/mol. The molecule has 5 heteroatoms. The van der Waals surface area contributed by atoms with E-state index < -0.39 is 5.91 Å². The third-order valence-electron chi connectivity index (χ3n) is 2.97. The molecule has 0 aliphatic rings. The van der Waals surface area contributed by atoms with Crippen molar-refractivity contribution in [1.29, 1.82) is 5.26 Å². The van der Waals surface area contributed by atoms with E-state index in [-0.39, 0.29) is 5.57 Å². The zero-order valence-corrected chi connectivity index (χ0v) is 14.1. The molecule has 0 aliphatic heterocycles. The number of hydrogen-bond acceptors (Lipinski definition) is 3. The number of anilines is 1. The molecule has 0 spiro atoms. The van der Waals surface area contributed by atoms with Gasteiger partial charge in [0.1, 0.15) is 17.4 Å². The Kier molecular flexibility index (Phi) is 5.95. The van der Waals surface area contributed by atoms with E-state index in [1.54, 1.807) is 24.3 Å². The number of halogens is 1. The first-order chi connectivity index (χ1) is 11.1. The van der Waals surface area contributed by atoms with Crippen LogP contribution in [-0.4, -0.2) is 12.5 Å². The Labute approximate surface area is 143 Å². The van der Waals surface area contributed by atoms with Crippen LogP contribution in [-0.2, 0) is 4.79 Å².